The molecule has 0 radical (unpaired) electrons. The molecule has 1 spiro atoms. The molecule has 0 aliphatic carbocycles. The molecule has 4 heterocycles. The van der Waals surface area contributed by atoms with Gasteiger partial charge in [0.2, 0.25) is 17.7 Å². The van der Waals surface area contributed by atoms with Gasteiger partial charge in [0.25, 0.3) is 0 Å². The van der Waals surface area contributed by atoms with Crippen LogP contribution < -0.4 is 0 Å². The molecule has 1 N–H and O–H groups in total. The van der Waals surface area contributed by atoms with Crippen LogP contribution >= 0.6 is 0 Å². The number of amides is 3. The van der Waals surface area contributed by atoms with Crippen molar-refractivity contribution in [2.45, 2.75) is 103 Å². The van der Waals surface area contributed by atoms with Crippen LogP contribution in [0.25, 0.3) is 0 Å². The molecule has 3 amide bonds. The monoisotopic (exact) mass is 591 g/mol. The van der Waals surface area contributed by atoms with E-state index in [-0.39, 0.29) is 29.7 Å². The second-order valence-electron chi connectivity index (χ2n) is 14.6. The third-order valence-electron chi connectivity index (χ3n) is 9.95. The molecule has 4 aliphatic rings. The Morgan fingerprint density at radius 3 is 2.21 bits per heavy atom. The number of nitrogens with zero attached hydrogens (tertiary/aromatic N) is 3. The van der Waals surface area contributed by atoms with Crippen LogP contribution in [-0.2, 0) is 25.7 Å². The van der Waals surface area contributed by atoms with E-state index in [2.05, 4.69) is 34.6 Å². The van der Waals surface area contributed by atoms with Crippen LogP contribution in [0.5, 0.6) is 0 Å². The van der Waals surface area contributed by atoms with Crippen molar-refractivity contribution in [1.82, 2.24) is 14.7 Å². The Kier molecular flexibility index (Phi) is 8.18. The topological polar surface area (TPSA) is 90.4 Å². The predicted molar refractivity (Wildman–Crippen MR) is 166 cm³/mol. The zero-order chi connectivity index (χ0) is 31.4. The van der Waals surface area contributed by atoms with Gasteiger partial charge in [-0.3, -0.25) is 14.4 Å². The summed E-state index contributed by atoms with van der Waals surface area (Å²) in [6.07, 6.45) is 9.52. The van der Waals surface area contributed by atoms with Crippen molar-refractivity contribution in [3.8, 4) is 0 Å². The van der Waals surface area contributed by atoms with Gasteiger partial charge in [-0.1, -0.05) is 89.3 Å². The lowest BCUT2D eigenvalue weighted by atomic mass is 9.72. The molecule has 1 aromatic carbocycles. The normalized spacial score (nSPS) is 31.6. The van der Waals surface area contributed by atoms with E-state index in [0.29, 0.717) is 32.5 Å². The van der Waals surface area contributed by atoms with E-state index in [4.69, 9.17) is 4.74 Å². The Morgan fingerprint density at radius 1 is 0.930 bits per heavy atom. The third-order valence-corrected chi connectivity index (χ3v) is 9.95. The first-order valence-corrected chi connectivity index (χ1v) is 15.9. The van der Waals surface area contributed by atoms with Crippen LogP contribution in [0.4, 0.5) is 0 Å². The van der Waals surface area contributed by atoms with Crippen molar-refractivity contribution in [1.29, 1.82) is 0 Å². The fraction of sp³-hybridized carbons (Fsp3) is 0.629. The SMILES string of the molecule is CC[C@@H](CO)N1C(=O)[C@@H]2[C@@H]3C(=O)N(Cc4ccccc4)CC=C[C@]3(CC)O[C@@]23C=CCN(C(C)(C)CC(C)(C)C)C(=O)C13. The lowest BCUT2D eigenvalue weighted by Crippen LogP contribution is -2.62. The van der Waals surface area contributed by atoms with Crippen molar-refractivity contribution in [3.63, 3.8) is 0 Å². The molecule has 234 valence electrons. The standard InChI is InChI=1S/C35H49N3O5/c1-8-25(22-39)38-28-31(42)37(33(6,7)23-32(3,4)5)20-14-18-35(28)27(30(38)41)26-29(40)36(21-24-15-11-10-12-16-24)19-13-17-34(26,9-2)43-35/h10-18,25-28,39H,8-9,19-23H2,1-7H3/t25-,26+,27-,28?,34-,35-/m0/s1. The van der Waals surface area contributed by atoms with Gasteiger partial charge in [-0.15, -0.1) is 0 Å². The van der Waals surface area contributed by atoms with Crippen LogP contribution in [0.1, 0.15) is 73.3 Å². The number of carbonyl (C=O) groups excluding carboxylic acids is 3. The maximum absolute atomic E-state index is 14.9. The number of hydrogen-bond acceptors (Lipinski definition) is 5. The third kappa shape index (κ3) is 5.14. The average Bonchev–Trinajstić information content (AvgIpc) is 3.23. The van der Waals surface area contributed by atoms with Gasteiger partial charge in [-0.25, -0.2) is 0 Å². The smallest absolute Gasteiger partial charge is 0.249 e. The molecule has 2 saturated heterocycles. The maximum Gasteiger partial charge on any atom is 0.249 e. The minimum Gasteiger partial charge on any atom is -0.394 e. The number of fused-ring (bicyclic) bond motifs is 2. The fourth-order valence-electron chi connectivity index (χ4n) is 8.44. The molecule has 0 saturated carbocycles. The van der Waals surface area contributed by atoms with Gasteiger partial charge in [0.15, 0.2) is 0 Å². The molecule has 2 fully saturated rings. The highest BCUT2D eigenvalue weighted by atomic mass is 16.5. The molecule has 5 rings (SSSR count). The van der Waals surface area contributed by atoms with Crippen molar-refractivity contribution >= 4 is 17.7 Å². The molecule has 4 aliphatic heterocycles. The van der Waals surface area contributed by atoms with E-state index in [1.54, 1.807) is 9.80 Å². The summed E-state index contributed by atoms with van der Waals surface area (Å²) in [6.45, 7) is 15.4. The Bertz CT molecular complexity index is 1300. The van der Waals surface area contributed by atoms with E-state index in [1.165, 1.54) is 0 Å². The number of carbonyl (C=O) groups is 3. The highest BCUT2D eigenvalue weighted by molar-refractivity contribution is 6.00. The quantitative estimate of drug-likeness (QED) is 0.455. The summed E-state index contributed by atoms with van der Waals surface area (Å²) in [5.41, 5.74) is -1.90. The molecule has 1 aromatic rings. The molecule has 0 bridgehead atoms. The van der Waals surface area contributed by atoms with Crippen LogP contribution in [0.3, 0.4) is 0 Å². The zero-order valence-electron chi connectivity index (χ0n) is 26.9. The van der Waals surface area contributed by atoms with Gasteiger partial charge >= 0.3 is 0 Å². The number of hydrogen-bond donors (Lipinski definition) is 1. The molecule has 43 heavy (non-hydrogen) atoms. The van der Waals surface area contributed by atoms with E-state index in [9.17, 15) is 19.5 Å². The molecular formula is C35H49N3O5. The lowest BCUT2D eigenvalue weighted by Gasteiger charge is -2.45. The average molecular weight is 592 g/mol. The molecule has 0 aromatic heterocycles. The Balaban J connectivity index is 1.63. The Labute approximate surface area is 256 Å². The van der Waals surface area contributed by atoms with Gasteiger partial charge in [-0.2, -0.15) is 0 Å². The van der Waals surface area contributed by atoms with Crippen molar-refractivity contribution < 1.29 is 24.2 Å². The first-order chi connectivity index (χ1) is 20.2. The van der Waals surface area contributed by atoms with Gasteiger partial charge in [0.1, 0.15) is 11.6 Å². The highest BCUT2D eigenvalue weighted by Crippen LogP contribution is 2.59. The summed E-state index contributed by atoms with van der Waals surface area (Å²) in [5.74, 6) is -2.32. The number of ether oxygens (including phenoxy) is 1. The van der Waals surface area contributed by atoms with Gasteiger partial charge in [0.05, 0.1) is 30.1 Å². The van der Waals surface area contributed by atoms with Gasteiger partial charge < -0.3 is 24.5 Å². The zero-order valence-corrected chi connectivity index (χ0v) is 26.9. The van der Waals surface area contributed by atoms with Crippen LogP contribution in [-0.4, -0.2) is 86.0 Å². The van der Waals surface area contributed by atoms with Crippen molar-refractivity contribution in [3.05, 3.63) is 60.2 Å². The second-order valence-corrected chi connectivity index (χ2v) is 14.6. The Morgan fingerprint density at radius 2 is 1.60 bits per heavy atom. The molecule has 1 unspecified atom stereocenters. The lowest BCUT2D eigenvalue weighted by molar-refractivity contribution is -0.160. The number of aliphatic hydroxyl groups excluding tert-OH is 1. The van der Waals surface area contributed by atoms with Crippen LogP contribution in [0, 0.1) is 17.3 Å². The number of benzene rings is 1. The number of aliphatic hydroxyl groups is 1. The predicted octanol–water partition coefficient (Wildman–Crippen LogP) is 4.33. The van der Waals surface area contributed by atoms with E-state index < -0.39 is 40.7 Å². The van der Waals surface area contributed by atoms with E-state index >= 15 is 0 Å². The van der Waals surface area contributed by atoms with Crippen LogP contribution in [0.2, 0.25) is 0 Å². The maximum atomic E-state index is 14.9. The molecule has 8 nitrogen and oxygen atoms in total. The fourth-order valence-corrected chi connectivity index (χ4v) is 8.44. The summed E-state index contributed by atoms with van der Waals surface area (Å²) >= 11 is 0. The largest absolute Gasteiger partial charge is 0.394 e. The van der Waals surface area contributed by atoms with Gasteiger partial charge in [0, 0.05) is 25.2 Å². The van der Waals surface area contributed by atoms with E-state index in [1.807, 2.05) is 73.4 Å². The molecule has 8 heteroatoms. The van der Waals surface area contributed by atoms with Crippen molar-refractivity contribution in [2.24, 2.45) is 17.3 Å². The van der Waals surface area contributed by atoms with Crippen molar-refractivity contribution in [2.75, 3.05) is 19.7 Å². The second kappa shape index (κ2) is 11.2. The minimum absolute atomic E-state index is 0.0367. The summed E-state index contributed by atoms with van der Waals surface area (Å²) in [7, 11) is 0. The summed E-state index contributed by atoms with van der Waals surface area (Å²) in [4.78, 5) is 49.4. The summed E-state index contributed by atoms with van der Waals surface area (Å²) < 4.78 is 7.11. The van der Waals surface area contributed by atoms with Gasteiger partial charge in [-0.05, 0) is 44.1 Å². The number of rotatable bonds is 8. The summed E-state index contributed by atoms with van der Waals surface area (Å²) in [5, 5.41) is 10.5. The highest BCUT2D eigenvalue weighted by Gasteiger charge is 2.76. The first kappa shape index (κ1) is 31.5. The minimum atomic E-state index is -1.33. The van der Waals surface area contributed by atoms with E-state index in [0.717, 1.165) is 12.0 Å². The molecular weight excluding hydrogens is 542 g/mol. The number of likely N-dealkylation sites (tertiary alicyclic amines) is 1. The first-order valence-electron chi connectivity index (χ1n) is 15.9. The Hall–Kier alpha value is -2.97. The van der Waals surface area contributed by atoms with Crippen LogP contribution in [0.15, 0.2) is 54.6 Å². The summed E-state index contributed by atoms with van der Waals surface area (Å²) in [6, 6.07) is 8.29. The molecule has 6 atom stereocenters.